The Kier molecular flexibility index (Phi) is 9.35. The second-order valence-electron chi connectivity index (χ2n) is 17.3. The number of hydrogen-bond donors (Lipinski definition) is 0. The Hall–Kier alpha value is -8.26. The molecule has 0 saturated carbocycles. The lowest BCUT2D eigenvalue weighted by molar-refractivity contribution is 0.714. The molecule has 1 nitrogen and oxygen atoms in total. The third kappa shape index (κ3) is 6.39. The van der Waals surface area contributed by atoms with E-state index in [-0.39, 0.29) is 5.41 Å². The molecule has 0 aromatic heterocycles. The van der Waals surface area contributed by atoms with Crippen molar-refractivity contribution in [1.29, 1.82) is 0 Å². The van der Waals surface area contributed by atoms with Gasteiger partial charge < -0.3 is 4.90 Å². The summed E-state index contributed by atoms with van der Waals surface area (Å²) in [5, 5.41) is 5.02. The van der Waals surface area contributed by atoms with E-state index in [0.29, 0.717) is 0 Å². The Bertz CT molecular complexity index is 3520. The second-order valence-corrected chi connectivity index (χ2v) is 17.3. The number of benzene rings is 11. The molecule has 0 radical (unpaired) electrons. The molecule has 1 atom stereocenters. The van der Waals surface area contributed by atoms with Gasteiger partial charge >= 0.3 is 0 Å². The largest absolute Gasteiger partial charge is 0.310 e. The molecule has 11 aromatic rings. The van der Waals surface area contributed by atoms with Gasteiger partial charge in [-0.1, -0.05) is 218 Å². The Morgan fingerprint density at radius 1 is 0.292 bits per heavy atom. The van der Waals surface area contributed by atoms with Gasteiger partial charge in [0, 0.05) is 22.4 Å². The van der Waals surface area contributed by atoms with Gasteiger partial charge in [0.05, 0.1) is 5.69 Å². The highest BCUT2D eigenvalue weighted by Crippen LogP contribution is 2.54. The highest BCUT2D eigenvalue weighted by atomic mass is 15.1. The fourth-order valence-corrected chi connectivity index (χ4v) is 10.7. The van der Waals surface area contributed by atoms with Crippen LogP contribution in [0.25, 0.3) is 77.2 Å². The normalized spacial score (nSPS) is 14.0. The summed E-state index contributed by atoms with van der Waals surface area (Å²) in [5.74, 6) is 0. The molecule has 0 spiro atoms. The molecule has 0 aliphatic heterocycles. The maximum Gasteiger partial charge on any atom is 0.0540 e. The Balaban J connectivity index is 1.03. The van der Waals surface area contributed by atoms with Gasteiger partial charge in [-0.2, -0.15) is 0 Å². The third-order valence-electron chi connectivity index (χ3n) is 13.7. The first-order valence-electron chi connectivity index (χ1n) is 22.6. The van der Waals surface area contributed by atoms with Crippen molar-refractivity contribution >= 4 is 38.6 Å². The number of rotatable bonds is 8. The summed E-state index contributed by atoms with van der Waals surface area (Å²) >= 11 is 0. The zero-order valence-electron chi connectivity index (χ0n) is 36.2. The third-order valence-corrected chi connectivity index (χ3v) is 13.7. The molecule has 0 N–H and O–H groups in total. The molecule has 12 rings (SSSR count). The molecule has 0 saturated heterocycles. The molecule has 0 amide bonds. The predicted molar refractivity (Wildman–Crippen MR) is 275 cm³/mol. The summed E-state index contributed by atoms with van der Waals surface area (Å²) in [7, 11) is 0. The van der Waals surface area contributed by atoms with E-state index in [4.69, 9.17) is 0 Å². The molecular formula is C64H45N. The topological polar surface area (TPSA) is 3.24 Å². The summed E-state index contributed by atoms with van der Waals surface area (Å²) < 4.78 is 0. The van der Waals surface area contributed by atoms with Gasteiger partial charge in [-0.15, -0.1) is 0 Å². The Morgan fingerprint density at radius 2 is 0.785 bits per heavy atom. The average Bonchev–Trinajstić information content (AvgIpc) is 3.65. The highest BCUT2D eigenvalue weighted by molar-refractivity contribution is 6.22. The minimum atomic E-state index is -0.269. The van der Waals surface area contributed by atoms with Crippen molar-refractivity contribution in [3.05, 3.63) is 271 Å². The fourth-order valence-electron chi connectivity index (χ4n) is 10.7. The monoisotopic (exact) mass is 827 g/mol. The predicted octanol–water partition coefficient (Wildman–Crippen LogP) is 17.5. The van der Waals surface area contributed by atoms with E-state index in [1.54, 1.807) is 0 Å². The van der Waals surface area contributed by atoms with Crippen LogP contribution >= 0.6 is 0 Å². The molecular weight excluding hydrogens is 783 g/mol. The Morgan fingerprint density at radius 3 is 1.48 bits per heavy atom. The van der Waals surface area contributed by atoms with Crippen molar-refractivity contribution in [2.75, 3.05) is 4.90 Å². The summed E-state index contributed by atoms with van der Waals surface area (Å²) in [5.41, 5.74) is 19.3. The lowest BCUT2D eigenvalue weighted by Gasteiger charge is -2.30. The van der Waals surface area contributed by atoms with Gasteiger partial charge in [-0.3, -0.25) is 0 Å². The zero-order chi connectivity index (χ0) is 43.3. The maximum atomic E-state index is 2.44. The van der Waals surface area contributed by atoms with Crippen molar-refractivity contribution in [2.45, 2.75) is 12.3 Å². The van der Waals surface area contributed by atoms with Crippen LogP contribution < -0.4 is 4.90 Å². The van der Waals surface area contributed by atoms with Gasteiger partial charge in [0.2, 0.25) is 0 Å². The van der Waals surface area contributed by atoms with E-state index in [0.717, 1.165) is 17.1 Å². The highest BCUT2D eigenvalue weighted by Gasteiger charge is 2.41. The molecule has 1 heteroatoms. The van der Waals surface area contributed by atoms with E-state index < -0.39 is 0 Å². The van der Waals surface area contributed by atoms with Gasteiger partial charge in [0.25, 0.3) is 0 Å². The molecule has 0 fully saturated rings. The van der Waals surface area contributed by atoms with Crippen molar-refractivity contribution in [2.24, 2.45) is 0 Å². The van der Waals surface area contributed by atoms with Crippen molar-refractivity contribution in [3.8, 4) is 55.6 Å². The van der Waals surface area contributed by atoms with Crippen LogP contribution in [-0.4, -0.2) is 0 Å². The minimum Gasteiger partial charge on any atom is -0.310 e. The first-order chi connectivity index (χ1) is 32.1. The van der Waals surface area contributed by atoms with E-state index in [2.05, 4.69) is 267 Å². The van der Waals surface area contributed by atoms with Crippen LogP contribution in [0, 0.1) is 0 Å². The first-order valence-corrected chi connectivity index (χ1v) is 22.6. The van der Waals surface area contributed by atoms with E-state index in [1.807, 2.05) is 0 Å². The number of para-hydroxylation sites is 1. The minimum absolute atomic E-state index is 0.269. The van der Waals surface area contributed by atoms with Crippen molar-refractivity contribution < 1.29 is 0 Å². The van der Waals surface area contributed by atoms with Crippen LogP contribution in [0.4, 0.5) is 17.1 Å². The lowest BCUT2D eigenvalue weighted by atomic mass is 9.74. The van der Waals surface area contributed by atoms with Crippen LogP contribution in [0.2, 0.25) is 0 Å². The molecule has 0 heterocycles. The number of hydrogen-bond acceptors (Lipinski definition) is 1. The molecule has 1 aliphatic carbocycles. The molecule has 1 unspecified atom stereocenters. The lowest BCUT2D eigenvalue weighted by Crippen LogP contribution is -2.22. The quantitative estimate of drug-likeness (QED) is 0.138. The van der Waals surface area contributed by atoms with E-state index in [9.17, 15) is 0 Å². The summed E-state index contributed by atoms with van der Waals surface area (Å²) in [4.78, 5) is 2.44. The first kappa shape index (κ1) is 38.4. The van der Waals surface area contributed by atoms with Gasteiger partial charge in [0.15, 0.2) is 0 Å². The van der Waals surface area contributed by atoms with Crippen LogP contribution in [0.1, 0.15) is 23.6 Å². The SMILES string of the molecule is CC1(c2ccccc2)c2ccccc2-c2cc(N(c3ccc(-c4ccc5c(c4)c(-c4ccccc4)c(-c4ccccc4)c4ccccc45)cc3)c3ccccc3-c3ccccc3)ccc21. The molecule has 11 aromatic carbocycles. The second kappa shape index (κ2) is 15.8. The fraction of sp³-hybridized carbons (Fsp3) is 0.0312. The molecule has 306 valence electrons. The van der Waals surface area contributed by atoms with Crippen LogP contribution in [0.5, 0.6) is 0 Å². The van der Waals surface area contributed by atoms with Gasteiger partial charge in [-0.05, 0) is 132 Å². The summed E-state index contributed by atoms with van der Waals surface area (Å²) in [6.45, 7) is 2.38. The smallest absolute Gasteiger partial charge is 0.0540 e. The van der Waals surface area contributed by atoms with Crippen molar-refractivity contribution in [1.82, 2.24) is 0 Å². The number of fused-ring (bicyclic) bond motifs is 6. The Labute approximate surface area is 381 Å². The van der Waals surface area contributed by atoms with Crippen LogP contribution in [0.3, 0.4) is 0 Å². The van der Waals surface area contributed by atoms with Gasteiger partial charge in [0.1, 0.15) is 0 Å². The van der Waals surface area contributed by atoms with Crippen LogP contribution in [0.15, 0.2) is 255 Å². The van der Waals surface area contributed by atoms with Crippen molar-refractivity contribution in [3.63, 3.8) is 0 Å². The maximum absolute atomic E-state index is 2.44. The van der Waals surface area contributed by atoms with E-state index in [1.165, 1.54) is 93.9 Å². The molecule has 0 bridgehead atoms. The van der Waals surface area contributed by atoms with E-state index >= 15 is 0 Å². The molecule has 1 aliphatic rings. The van der Waals surface area contributed by atoms with Gasteiger partial charge in [-0.25, -0.2) is 0 Å². The summed E-state index contributed by atoms with van der Waals surface area (Å²) in [6, 6.07) is 93.5. The standard InChI is InChI=1S/C64H45N/c1-64(49-26-12-5-13-27-49)59-32-18-16-30-55(59)57-43-51(39-41-60(57)64)65(61-33-19-17-28-52(61)45-20-6-2-7-21-45)50-37-34-44(35-38-50)48-36-40-54-53-29-14-15-31-56(53)62(46-22-8-3-9-23-46)63(58(54)42-48)47-24-10-4-11-25-47/h2-43H,1H3. The zero-order valence-corrected chi connectivity index (χ0v) is 36.2. The molecule has 65 heavy (non-hydrogen) atoms. The number of nitrogens with zero attached hydrogens (tertiary/aromatic N) is 1. The summed E-state index contributed by atoms with van der Waals surface area (Å²) in [6.07, 6.45) is 0. The average molecular weight is 828 g/mol. The number of anilines is 3. The van der Waals surface area contributed by atoms with Crippen LogP contribution in [-0.2, 0) is 5.41 Å².